The van der Waals surface area contributed by atoms with Crippen LogP contribution in [0.5, 0.6) is 0 Å². The molecule has 19 heavy (non-hydrogen) atoms. The van der Waals surface area contributed by atoms with E-state index in [1.165, 1.54) is 30.4 Å². The van der Waals surface area contributed by atoms with Gasteiger partial charge < -0.3 is 10.6 Å². The van der Waals surface area contributed by atoms with Crippen molar-refractivity contribution >= 4 is 0 Å². The van der Waals surface area contributed by atoms with Crippen LogP contribution in [0.25, 0.3) is 0 Å². The second kappa shape index (κ2) is 5.64. The topological polar surface area (TPSA) is 29.3 Å². The molecule has 0 aromatic heterocycles. The fraction of sp³-hybridized carbons (Fsp3) is 0.647. The second-order valence-electron chi connectivity index (χ2n) is 6.41. The average molecular weight is 260 g/mol. The maximum Gasteiger partial charge on any atom is 0.0410 e. The van der Waals surface area contributed by atoms with E-state index in [-0.39, 0.29) is 0 Å². The van der Waals surface area contributed by atoms with Gasteiger partial charge in [-0.2, -0.15) is 0 Å². The van der Waals surface area contributed by atoms with E-state index < -0.39 is 0 Å². The third-order valence-corrected chi connectivity index (χ3v) is 4.83. The quantitative estimate of drug-likeness (QED) is 0.847. The first-order chi connectivity index (χ1) is 9.04. The van der Waals surface area contributed by atoms with E-state index >= 15 is 0 Å². The summed E-state index contributed by atoms with van der Waals surface area (Å²) >= 11 is 0. The van der Waals surface area contributed by atoms with E-state index in [0.717, 1.165) is 6.54 Å². The van der Waals surface area contributed by atoms with Crippen molar-refractivity contribution in [2.45, 2.75) is 45.1 Å². The number of rotatable bonds is 6. The van der Waals surface area contributed by atoms with Gasteiger partial charge in [-0.05, 0) is 56.9 Å². The number of nitrogens with zero attached hydrogens (tertiary/aromatic N) is 1. The zero-order valence-electron chi connectivity index (χ0n) is 12.8. The second-order valence-corrected chi connectivity index (χ2v) is 6.41. The highest BCUT2D eigenvalue weighted by Crippen LogP contribution is 2.55. The van der Waals surface area contributed by atoms with Crippen molar-refractivity contribution in [2.75, 3.05) is 20.6 Å². The predicted molar refractivity (Wildman–Crippen MR) is 82.3 cm³/mol. The smallest absolute Gasteiger partial charge is 0.0410 e. The van der Waals surface area contributed by atoms with E-state index in [4.69, 9.17) is 5.73 Å². The normalized spacial score (nSPS) is 20.3. The molecule has 2 N–H and O–H groups in total. The molecule has 0 radical (unpaired) electrons. The molecule has 0 spiro atoms. The standard InChI is InChI=1S/C17H28N2/c1-5-13(2)14-6-8-15(9-7-14)16(19(3)4)17(12-18)10-11-17/h6-9,13,16H,5,10-12,18H2,1-4H3. The molecule has 2 unspecified atom stereocenters. The first-order valence-electron chi connectivity index (χ1n) is 7.50. The van der Waals surface area contributed by atoms with Crippen molar-refractivity contribution < 1.29 is 0 Å². The van der Waals surface area contributed by atoms with Crippen LogP contribution in [-0.2, 0) is 0 Å². The van der Waals surface area contributed by atoms with Gasteiger partial charge in [0.25, 0.3) is 0 Å². The Hall–Kier alpha value is -0.860. The van der Waals surface area contributed by atoms with Gasteiger partial charge in [0.15, 0.2) is 0 Å². The van der Waals surface area contributed by atoms with Crippen molar-refractivity contribution in [1.82, 2.24) is 4.90 Å². The number of benzene rings is 1. The maximum atomic E-state index is 6.02. The lowest BCUT2D eigenvalue weighted by Crippen LogP contribution is -2.33. The Morgan fingerprint density at radius 3 is 2.05 bits per heavy atom. The van der Waals surface area contributed by atoms with Crippen LogP contribution in [0.2, 0.25) is 0 Å². The van der Waals surface area contributed by atoms with Gasteiger partial charge >= 0.3 is 0 Å². The Morgan fingerprint density at radius 2 is 1.68 bits per heavy atom. The van der Waals surface area contributed by atoms with E-state index in [1.54, 1.807) is 0 Å². The summed E-state index contributed by atoms with van der Waals surface area (Å²) < 4.78 is 0. The van der Waals surface area contributed by atoms with Gasteiger partial charge in [-0.15, -0.1) is 0 Å². The largest absolute Gasteiger partial charge is 0.330 e. The number of hydrogen-bond donors (Lipinski definition) is 1. The summed E-state index contributed by atoms with van der Waals surface area (Å²) in [5.41, 5.74) is 9.20. The van der Waals surface area contributed by atoms with Gasteiger partial charge in [0, 0.05) is 11.5 Å². The third kappa shape index (κ3) is 2.85. The molecule has 0 aliphatic heterocycles. The van der Waals surface area contributed by atoms with Gasteiger partial charge in [0.05, 0.1) is 0 Å². The van der Waals surface area contributed by atoms with Crippen LogP contribution in [0, 0.1) is 5.41 Å². The van der Waals surface area contributed by atoms with Gasteiger partial charge in [-0.1, -0.05) is 38.1 Å². The molecule has 0 bridgehead atoms. The van der Waals surface area contributed by atoms with Crippen LogP contribution in [0.4, 0.5) is 0 Å². The molecule has 0 heterocycles. The highest BCUT2D eigenvalue weighted by atomic mass is 15.1. The molecule has 106 valence electrons. The molecular formula is C17H28N2. The summed E-state index contributed by atoms with van der Waals surface area (Å²) in [6.07, 6.45) is 3.72. The van der Waals surface area contributed by atoms with E-state index in [9.17, 15) is 0 Å². The Bertz CT molecular complexity index is 404. The fourth-order valence-corrected chi connectivity index (χ4v) is 3.19. The molecule has 2 atom stereocenters. The minimum absolute atomic E-state index is 0.321. The molecule has 1 saturated carbocycles. The van der Waals surface area contributed by atoms with Crippen LogP contribution >= 0.6 is 0 Å². The Balaban J connectivity index is 2.24. The van der Waals surface area contributed by atoms with E-state index in [0.29, 0.717) is 17.4 Å². The average Bonchev–Trinajstić information content (AvgIpc) is 3.19. The molecule has 1 aromatic rings. The van der Waals surface area contributed by atoms with Crippen molar-refractivity contribution in [2.24, 2.45) is 11.1 Å². The SMILES string of the molecule is CCC(C)c1ccc(C(N(C)C)C2(CN)CC2)cc1. The van der Waals surface area contributed by atoms with Crippen molar-refractivity contribution in [3.05, 3.63) is 35.4 Å². The number of nitrogens with two attached hydrogens (primary N) is 1. The number of hydrogen-bond acceptors (Lipinski definition) is 2. The Kier molecular flexibility index (Phi) is 4.32. The molecule has 2 heteroatoms. The summed E-state index contributed by atoms with van der Waals surface area (Å²) in [5, 5.41) is 0. The summed E-state index contributed by atoms with van der Waals surface area (Å²) in [5.74, 6) is 0.649. The van der Waals surface area contributed by atoms with Crippen molar-refractivity contribution in [3.63, 3.8) is 0 Å². The summed E-state index contributed by atoms with van der Waals surface area (Å²) in [7, 11) is 4.34. The van der Waals surface area contributed by atoms with Crippen LogP contribution in [-0.4, -0.2) is 25.5 Å². The van der Waals surface area contributed by atoms with E-state index in [2.05, 4.69) is 57.1 Å². The van der Waals surface area contributed by atoms with Crippen LogP contribution in [0.3, 0.4) is 0 Å². The lowest BCUT2D eigenvalue weighted by Gasteiger charge is -2.32. The van der Waals surface area contributed by atoms with Crippen molar-refractivity contribution in [3.8, 4) is 0 Å². The minimum Gasteiger partial charge on any atom is -0.330 e. The molecule has 2 rings (SSSR count). The highest BCUT2D eigenvalue weighted by Gasteiger charge is 2.49. The van der Waals surface area contributed by atoms with Gasteiger partial charge in [-0.3, -0.25) is 0 Å². The maximum absolute atomic E-state index is 6.02. The molecule has 1 aromatic carbocycles. The lowest BCUT2D eigenvalue weighted by molar-refractivity contribution is 0.198. The summed E-state index contributed by atoms with van der Waals surface area (Å²) in [6.45, 7) is 5.33. The zero-order valence-corrected chi connectivity index (χ0v) is 12.8. The van der Waals surface area contributed by atoms with Crippen LogP contribution < -0.4 is 5.73 Å². The first-order valence-corrected chi connectivity index (χ1v) is 7.50. The molecule has 0 amide bonds. The van der Waals surface area contributed by atoms with Gasteiger partial charge in [0.2, 0.25) is 0 Å². The fourth-order valence-electron chi connectivity index (χ4n) is 3.19. The van der Waals surface area contributed by atoms with E-state index in [1.807, 2.05) is 0 Å². The van der Waals surface area contributed by atoms with Crippen LogP contribution in [0.15, 0.2) is 24.3 Å². The lowest BCUT2D eigenvalue weighted by atomic mass is 9.87. The minimum atomic E-state index is 0.321. The summed E-state index contributed by atoms with van der Waals surface area (Å²) in [4.78, 5) is 2.33. The highest BCUT2D eigenvalue weighted by molar-refractivity contribution is 5.30. The molecular weight excluding hydrogens is 232 g/mol. The first kappa shape index (κ1) is 14.5. The Morgan fingerprint density at radius 1 is 1.16 bits per heavy atom. The zero-order chi connectivity index (χ0) is 14.0. The predicted octanol–water partition coefficient (Wildman–Crippen LogP) is 3.54. The van der Waals surface area contributed by atoms with Crippen molar-refractivity contribution in [1.29, 1.82) is 0 Å². The molecule has 1 aliphatic carbocycles. The Labute approximate surface area is 118 Å². The van der Waals surface area contributed by atoms with Crippen LogP contribution in [0.1, 0.15) is 56.2 Å². The van der Waals surface area contributed by atoms with Gasteiger partial charge in [0.1, 0.15) is 0 Å². The molecule has 1 aliphatic rings. The molecule has 0 saturated heterocycles. The van der Waals surface area contributed by atoms with Gasteiger partial charge in [-0.25, -0.2) is 0 Å². The molecule has 2 nitrogen and oxygen atoms in total. The summed E-state index contributed by atoms with van der Waals surface area (Å²) in [6, 6.07) is 9.67. The monoisotopic (exact) mass is 260 g/mol. The third-order valence-electron chi connectivity index (χ3n) is 4.83. The molecule has 1 fully saturated rings.